The van der Waals surface area contributed by atoms with E-state index in [1.807, 2.05) is 60.7 Å². The van der Waals surface area contributed by atoms with Gasteiger partial charge >= 0.3 is 11.9 Å². The molecule has 0 radical (unpaired) electrons. The number of rotatable bonds is 15. The van der Waals surface area contributed by atoms with Gasteiger partial charge in [0.1, 0.15) is 11.5 Å². The lowest BCUT2D eigenvalue weighted by Gasteiger charge is -2.08. The smallest absolute Gasteiger partial charge is 0.330 e. The van der Waals surface area contributed by atoms with Crippen LogP contribution < -0.4 is 9.47 Å². The van der Waals surface area contributed by atoms with E-state index in [1.165, 1.54) is 6.08 Å². The van der Waals surface area contributed by atoms with Crippen LogP contribution in [0, 0.1) is 23.7 Å². The predicted octanol–water partition coefficient (Wildman–Crippen LogP) is 7.98. The van der Waals surface area contributed by atoms with Crippen molar-refractivity contribution in [3.05, 3.63) is 132 Å². The van der Waals surface area contributed by atoms with Gasteiger partial charge in [-0.3, -0.25) is 0 Å². The molecule has 0 heterocycles. The van der Waals surface area contributed by atoms with Crippen LogP contribution in [0.3, 0.4) is 0 Å². The number of esters is 2. The molecule has 0 unspecified atom stereocenters. The maximum atomic E-state index is 11.1. The summed E-state index contributed by atoms with van der Waals surface area (Å²) in [6.07, 6.45) is 6.22. The molecule has 0 aliphatic carbocycles. The molecule has 0 spiro atoms. The van der Waals surface area contributed by atoms with Crippen LogP contribution in [0.15, 0.2) is 104 Å². The van der Waals surface area contributed by atoms with E-state index in [1.54, 1.807) is 0 Å². The fourth-order valence-electron chi connectivity index (χ4n) is 4.65. The van der Waals surface area contributed by atoms with E-state index in [-0.39, 0.29) is 0 Å². The second kappa shape index (κ2) is 19.1. The quantitative estimate of drug-likeness (QED) is 0.0568. The summed E-state index contributed by atoms with van der Waals surface area (Å²) < 4.78 is 21.6. The summed E-state index contributed by atoms with van der Waals surface area (Å²) >= 11 is 0. The zero-order valence-electron chi connectivity index (χ0n) is 27.4. The third kappa shape index (κ3) is 11.6. The van der Waals surface area contributed by atoms with Crippen molar-refractivity contribution in [2.45, 2.75) is 39.0 Å². The summed E-state index contributed by atoms with van der Waals surface area (Å²) in [6, 6.07) is 26.1. The molecule has 0 saturated heterocycles. The van der Waals surface area contributed by atoms with Gasteiger partial charge in [-0.25, -0.2) is 9.59 Å². The molecule has 0 aliphatic heterocycles. The first-order chi connectivity index (χ1) is 23.5. The van der Waals surface area contributed by atoms with E-state index in [0.29, 0.717) is 26.4 Å². The minimum Gasteiger partial charge on any atom is -0.494 e. The molecule has 0 N–H and O–H groups in total. The summed E-state index contributed by atoms with van der Waals surface area (Å²) in [5.41, 5.74) is 4.93. The molecule has 4 aromatic rings. The van der Waals surface area contributed by atoms with Gasteiger partial charge in [0.15, 0.2) is 0 Å². The normalized spacial score (nSPS) is 10.1. The average molecular weight is 641 g/mol. The van der Waals surface area contributed by atoms with Crippen LogP contribution in [0.1, 0.15) is 60.4 Å². The standard InChI is InChI=1S/C42H40O6/c1-4-35-29-33(12-11-32-16-22-39(23-17-32)45-25-7-9-27-47-41(43)5-2)13-18-36(35)19-14-34-15-20-38-31-40(24-21-37(38)30-34)46-26-8-10-28-48-42(44)6-3/h5-6,13,15-18,20-24,29-31H,2-4,7-10,25-28H2,1H3. The number of hydrogen-bond donors (Lipinski definition) is 0. The van der Waals surface area contributed by atoms with Gasteiger partial charge in [-0.2, -0.15) is 0 Å². The zero-order chi connectivity index (χ0) is 34.0. The van der Waals surface area contributed by atoms with Gasteiger partial charge in [-0.05, 0) is 115 Å². The summed E-state index contributed by atoms with van der Waals surface area (Å²) in [5.74, 6) is 14.0. The van der Waals surface area contributed by atoms with Gasteiger partial charge < -0.3 is 18.9 Å². The molecular formula is C42H40O6. The van der Waals surface area contributed by atoms with Crippen molar-refractivity contribution in [3.8, 4) is 35.2 Å². The van der Waals surface area contributed by atoms with Crippen molar-refractivity contribution >= 4 is 22.7 Å². The van der Waals surface area contributed by atoms with Gasteiger partial charge in [0.2, 0.25) is 0 Å². The van der Waals surface area contributed by atoms with Crippen LogP contribution in [-0.2, 0) is 25.5 Å². The molecular weight excluding hydrogens is 600 g/mol. The van der Waals surface area contributed by atoms with E-state index in [2.05, 4.69) is 62.0 Å². The van der Waals surface area contributed by atoms with Crippen LogP contribution in [0.4, 0.5) is 0 Å². The summed E-state index contributed by atoms with van der Waals surface area (Å²) in [4.78, 5) is 22.2. The Balaban J connectivity index is 1.29. The average Bonchev–Trinajstić information content (AvgIpc) is 3.12. The molecule has 6 nitrogen and oxygen atoms in total. The van der Waals surface area contributed by atoms with Crippen molar-refractivity contribution < 1.29 is 28.5 Å². The van der Waals surface area contributed by atoms with Crippen LogP contribution in [-0.4, -0.2) is 38.4 Å². The number of benzene rings is 4. The molecule has 0 fully saturated rings. The van der Waals surface area contributed by atoms with E-state index in [4.69, 9.17) is 18.9 Å². The Bertz CT molecular complexity index is 1850. The first-order valence-electron chi connectivity index (χ1n) is 16.1. The van der Waals surface area contributed by atoms with E-state index in [0.717, 1.165) is 88.3 Å². The maximum absolute atomic E-state index is 11.1. The van der Waals surface area contributed by atoms with Gasteiger partial charge in [0.05, 0.1) is 26.4 Å². The van der Waals surface area contributed by atoms with Gasteiger partial charge in [0, 0.05) is 34.4 Å². The fraction of sp³-hybridized carbons (Fsp3) is 0.238. The highest BCUT2D eigenvalue weighted by atomic mass is 16.5. The lowest BCUT2D eigenvalue weighted by Crippen LogP contribution is -2.04. The Morgan fingerprint density at radius 1 is 0.583 bits per heavy atom. The number of hydrogen-bond acceptors (Lipinski definition) is 6. The Morgan fingerprint density at radius 3 is 1.75 bits per heavy atom. The summed E-state index contributed by atoms with van der Waals surface area (Å²) in [7, 11) is 0. The minimum atomic E-state index is -0.403. The highest BCUT2D eigenvalue weighted by molar-refractivity contribution is 5.85. The highest BCUT2D eigenvalue weighted by Gasteiger charge is 2.03. The number of ether oxygens (including phenoxy) is 4. The Hall–Kier alpha value is -5.72. The lowest BCUT2D eigenvalue weighted by atomic mass is 10.0. The Morgan fingerprint density at radius 2 is 1.08 bits per heavy atom. The lowest BCUT2D eigenvalue weighted by molar-refractivity contribution is -0.138. The van der Waals surface area contributed by atoms with E-state index >= 15 is 0 Å². The number of aryl methyl sites for hydroxylation is 1. The molecule has 0 amide bonds. The number of fused-ring (bicyclic) bond motifs is 1. The van der Waals surface area contributed by atoms with Gasteiger partial charge in [-0.15, -0.1) is 0 Å². The number of carbonyl (C=O) groups excluding carboxylic acids is 2. The van der Waals surface area contributed by atoms with Crippen LogP contribution in [0.25, 0.3) is 10.8 Å². The second-order valence-corrected chi connectivity index (χ2v) is 10.8. The fourth-order valence-corrected chi connectivity index (χ4v) is 4.65. The van der Waals surface area contributed by atoms with E-state index in [9.17, 15) is 9.59 Å². The summed E-state index contributed by atoms with van der Waals surface area (Å²) in [6.45, 7) is 10.7. The molecule has 0 aromatic heterocycles. The van der Waals surface area contributed by atoms with Crippen molar-refractivity contribution in [1.29, 1.82) is 0 Å². The first-order valence-corrected chi connectivity index (χ1v) is 16.1. The monoisotopic (exact) mass is 640 g/mol. The number of carbonyl (C=O) groups is 2. The topological polar surface area (TPSA) is 71.1 Å². The molecule has 4 rings (SSSR count). The molecule has 6 heteroatoms. The molecule has 0 bridgehead atoms. The predicted molar refractivity (Wildman–Crippen MR) is 190 cm³/mol. The van der Waals surface area contributed by atoms with Crippen molar-refractivity contribution in [2.24, 2.45) is 0 Å². The Kier molecular flexibility index (Phi) is 14.0. The van der Waals surface area contributed by atoms with Crippen molar-refractivity contribution in [1.82, 2.24) is 0 Å². The first kappa shape index (κ1) is 35.1. The zero-order valence-corrected chi connectivity index (χ0v) is 27.4. The van der Waals surface area contributed by atoms with Crippen molar-refractivity contribution in [3.63, 3.8) is 0 Å². The molecule has 244 valence electrons. The van der Waals surface area contributed by atoms with Crippen LogP contribution in [0.5, 0.6) is 11.5 Å². The maximum Gasteiger partial charge on any atom is 0.330 e. The summed E-state index contributed by atoms with van der Waals surface area (Å²) in [5, 5.41) is 2.17. The third-order valence-electron chi connectivity index (χ3n) is 7.28. The SMILES string of the molecule is C=CC(=O)OCCCCOc1ccc(C#Cc2ccc(C#Cc3ccc4cc(OCCCCOC(=O)C=C)ccc4c3)c(CC)c2)cc1. The minimum absolute atomic E-state index is 0.362. The largest absolute Gasteiger partial charge is 0.494 e. The van der Waals surface area contributed by atoms with Crippen LogP contribution in [0.2, 0.25) is 0 Å². The van der Waals surface area contributed by atoms with Gasteiger partial charge in [0.25, 0.3) is 0 Å². The molecule has 48 heavy (non-hydrogen) atoms. The Labute approximate surface area is 283 Å². The van der Waals surface area contributed by atoms with Crippen molar-refractivity contribution in [2.75, 3.05) is 26.4 Å². The number of unbranched alkanes of at least 4 members (excludes halogenated alkanes) is 2. The molecule has 0 atom stereocenters. The van der Waals surface area contributed by atoms with E-state index < -0.39 is 11.9 Å². The molecule has 0 saturated carbocycles. The van der Waals surface area contributed by atoms with Gasteiger partial charge in [-0.1, -0.05) is 55.9 Å². The van der Waals surface area contributed by atoms with Crippen LogP contribution >= 0.6 is 0 Å². The third-order valence-corrected chi connectivity index (χ3v) is 7.28. The molecule has 4 aromatic carbocycles. The highest BCUT2D eigenvalue weighted by Crippen LogP contribution is 2.22. The second-order valence-electron chi connectivity index (χ2n) is 10.8. The molecule has 0 aliphatic rings.